The molecule has 1 unspecified atom stereocenters. The molecule has 1 fully saturated rings. The summed E-state index contributed by atoms with van der Waals surface area (Å²) in [5.74, 6) is 0. The van der Waals surface area contributed by atoms with Crippen LogP contribution in [0.5, 0.6) is 0 Å². The molecule has 0 aromatic heterocycles. The van der Waals surface area contributed by atoms with Crippen LogP contribution in [0.3, 0.4) is 0 Å². The van der Waals surface area contributed by atoms with Crippen molar-refractivity contribution in [3.8, 4) is 0 Å². The van der Waals surface area contributed by atoms with Gasteiger partial charge in [0, 0.05) is 21.8 Å². The van der Waals surface area contributed by atoms with Crippen LogP contribution in [0.15, 0.2) is 28.7 Å². The number of halogens is 1. The zero-order valence-corrected chi connectivity index (χ0v) is 15.0. The molecule has 1 aromatic rings. The van der Waals surface area contributed by atoms with Gasteiger partial charge in [0.2, 0.25) is 0 Å². The van der Waals surface area contributed by atoms with Gasteiger partial charge in [0.15, 0.2) is 0 Å². The fourth-order valence-corrected chi connectivity index (χ4v) is 4.52. The van der Waals surface area contributed by atoms with E-state index in [0.29, 0.717) is 10.8 Å². The maximum absolute atomic E-state index is 3.83. The molecule has 1 atom stereocenters. The Morgan fingerprint density at radius 3 is 2.65 bits per heavy atom. The van der Waals surface area contributed by atoms with Crippen LogP contribution in [-0.4, -0.2) is 17.5 Å². The second-order valence-corrected chi connectivity index (χ2v) is 8.03. The largest absolute Gasteiger partial charge is 0.309 e. The number of nitrogens with one attached hydrogen (secondary N) is 1. The Morgan fingerprint density at radius 1 is 1.30 bits per heavy atom. The Bertz CT molecular complexity index is 415. The molecular formula is C17H26BrNS. The minimum absolute atomic E-state index is 0.470. The van der Waals surface area contributed by atoms with Gasteiger partial charge >= 0.3 is 0 Å². The molecule has 1 aromatic carbocycles. The smallest absolute Gasteiger partial charge is 0.0318 e. The van der Waals surface area contributed by atoms with E-state index in [0.717, 1.165) is 13.0 Å². The van der Waals surface area contributed by atoms with Gasteiger partial charge in [-0.2, -0.15) is 11.8 Å². The minimum atomic E-state index is 0.470. The van der Waals surface area contributed by atoms with Crippen molar-refractivity contribution in [3.63, 3.8) is 0 Å². The molecule has 1 N–H and O–H groups in total. The van der Waals surface area contributed by atoms with E-state index >= 15 is 0 Å². The highest BCUT2D eigenvalue weighted by molar-refractivity contribution is 9.10. The van der Waals surface area contributed by atoms with Crippen molar-refractivity contribution in [1.29, 1.82) is 0 Å². The molecule has 112 valence electrons. The fourth-order valence-electron chi connectivity index (χ4n) is 3.18. The van der Waals surface area contributed by atoms with Crippen molar-refractivity contribution in [2.24, 2.45) is 0 Å². The SMILES string of the molecule is CCC(NCC1(SC)CCCCC1)c1cccc(Br)c1. The third kappa shape index (κ3) is 4.25. The Balaban J connectivity index is 1.99. The van der Waals surface area contributed by atoms with E-state index in [4.69, 9.17) is 0 Å². The highest BCUT2D eigenvalue weighted by Crippen LogP contribution is 2.38. The minimum Gasteiger partial charge on any atom is -0.309 e. The molecule has 1 nitrogen and oxygen atoms in total. The molecule has 0 radical (unpaired) electrons. The van der Waals surface area contributed by atoms with Crippen LogP contribution in [0.1, 0.15) is 57.1 Å². The van der Waals surface area contributed by atoms with E-state index in [2.05, 4.69) is 70.5 Å². The molecule has 0 amide bonds. The van der Waals surface area contributed by atoms with Gasteiger partial charge in [-0.3, -0.25) is 0 Å². The van der Waals surface area contributed by atoms with E-state index in [1.54, 1.807) is 0 Å². The topological polar surface area (TPSA) is 12.0 Å². The first-order valence-electron chi connectivity index (χ1n) is 7.73. The predicted octanol–water partition coefficient (Wildman–Crippen LogP) is 5.56. The summed E-state index contributed by atoms with van der Waals surface area (Å²) < 4.78 is 1.64. The monoisotopic (exact) mass is 355 g/mol. The Kier molecular flexibility index (Phi) is 6.44. The molecular weight excluding hydrogens is 330 g/mol. The molecule has 1 aliphatic carbocycles. The lowest BCUT2D eigenvalue weighted by molar-refractivity contribution is 0.360. The van der Waals surface area contributed by atoms with E-state index in [9.17, 15) is 0 Å². The quantitative estimate of drug-likeness (QED) is 0.717. The average Bonchev–Trinajstić information content (AvgIpc) is 2.49. The molecule has 0 bridgehead atoms. The average molecular weight is 356 g/mol. The first-order chi connectivity index (χ1) is 9.69. The molecule has 20 heavy (non-hydrogen) atoms. The summed E-state index contributed by atoms with van der Waals surface area (Å²) in [6, 6.07) is 9.18. The summed E-state index contributed by atoms with van der Waals surface area (Å²) in [4.78, 5) is 0. The van der Waals surface area contributed by atoms with Gasteiger partial charge in [-0.1, -0.05) is 54.2 Å². The van der Waals surface area contributed by atoms with Crippen LogP contribution in [0.25, 0.3) is 0 Å². The van der Waals surface area contributed by atoms with E-state index in [-0.39, 0.29) is 0 Å². The Labute approximate surface area is 136 Å². The van der Waals surface area contributed by atoms with E-state index in [1.807, 2.05) is 0 Å². The summed E-state index contributed by atoms with van der Waals surface area (Å²) in [6.07, 6.45) is 10.4. The molecule has 0 saturated heterocycles. The number of benzene rings is 1. The molecule has 1 aliphatic rings. The molecule has 3 heteroatoms. The molecule has 0 aliphatic heterocycles. The van der Waals surface area contributed by atoms with Crippen molar-refractivity contribution in [1.82, 2.24) is 5.32 Å². The molecule has 0 heterocycles. The summed E-state index contributed by atoms with van der Waals surface area (Å²) in [5.41, 5.74) is 1.40. The fraction of sp³-hybridized carbons (Fsp3) is 0.647. The zero-order valence-electron chi connectivity index (χ0n) is 12.6. The lowest BCUT2D eigenvalue weighted by Gasteiger charge is -2.37. The van der Waals surface area contributed by atoms with Gasteiger partial charge in [-0.05, 0) is 43.2 Å². The van der Waals surface area contributed by atoms with Gasteiger partial charge in [0.05, 0.1) is 0 Å². The first-order valence-corrected chi connectivity index (χ1v) is 9.75. The highest BCUT2D eigenvalue weighted by Gasteiger charge is 2.31. The molecule has 2 rings (SSSR count). The second-order valence-electron chi connectivity index (χ2n) is 5.84. The predicted molar refractivity (Wildman–Crippen MR) is 94.5 cm³/mol. The van der Waals surface area contributed by atoms with Crippen LogP contribution in [0.4, 0.5) is 0 Å². The number of hydrogen-bond acceptors (Lipinski definition) is 2. The van der Waals surface area contributed by atoms with Crippen molar-refractivity contribution in [2.75, 3.05) is 12.8 Å². The maximum Gasteiger partial charge on any atom is 0.0318 e. The first kappa shape index (κ1) is 16.4. The standard InChI is InChI=1S/C17H26BrNS/c1-3-16(14-8-7-9-15(18)12-14)19-13-17(20-2)10-5-4-6-11-17/h7-9,12,16,19H,3-6,10-11,13H2,1-2H3. The Morgan fingerprint density at radius 2 is 2.05 bits per heavy atom. The number of hydrogen-bond donors (Lipinski definition) is 1. The van der Waals surface area contributed by atoms with Crippen LogP contribution in [-0.2, 0) is 0 Å². The zero-order chi connectivity index (χ0) is 14.4. The summed E-state index contributed by atoms with van der Waals surface area (Å²) in [6.45, 7) is 3.41. The lowest BCUT2D eigenvalue weighted by atomic mass is 9.87. The summed E-state index contributed by atoms with van der Waals surface area (Å²) >= 11 is 5.65. The van der Waals surface area contributed by atoms with Crippen LogP contribution < -0.4 is 5.32 Å². The maximum atomic E-state index is 3.83. The molecule has 0 spiro atoms. The third-order valence-corrected chi connectivity index (χ3v) is 6.44. The lowest BCUT2D eigenvalue weighted by Crippen LogP contribution is -2.40. The van der Waals surface area contributed by atoms with Crippen LogP contribution >= 0.6 is 27.7 Å². The highest BCUT2D eigenvalue weighted by atomic mass is 79.9. The van der Waals surface area contributed by atoms with Gasteiger partial charge in [-0.15, -0.1) is 0 Å². The van der Waals surface area contributed by atoms with Gasteiger partial charge < -0.3 is 5.32 Å². The van der Waals surface area contributed by atoms with Gasteiger partial charge in [0.25, 0.3) is 0 Å². The van der Waals surface area contributed by atoms with Crippen molar-refractivity contribution in [3.05, 3.63) is 34.3 Å². The van der Waals surface area contributed by atoms with Crippen molar-refractivity contribution in [2.45, 2.75) is 56.2 Å². The summed E-state index contributed by atoms with van der Waals surface area (Å²) in [7, 11) is 0. The van der Waals surface area contributed by atoms with E-state index in [1.165, 1.54) is 42.1 Å². The van der Waals surface area contributed by atoms with Crippen molar-refractivity contribution < 1.29 is 0 Å². The molecule has 1 saturated carbocycles. The van der Waals surface area contributed by atoms with Gasteiger partial charge in [-0.25, -0.2) is 0 Å². The number of rotatable bonds is 6. The van der Waals surface area contributed by atoms with Gasteiger partial charge in [0.1, 0.15) is 0 Å². The second kappa shape index (κ2) is 7.86. The third-order valence-electron chi connectivity index (χ3n) is 4.53. The van der Waals surface area contributed by atoms with Crippen LogP contribution in [0.2, 0.25) is 0 Å². The van der Waals surface area contributed by atoms with E-state index < -0.39 is 0 Å². The number of thioether (sulfide) groups is 1. The van der Waals surface area contributed by atoms with Crippen LogP contribution in [0, 0.1) is 0 Å². The Hall–Kier alpha value is 0.01000. The van der Waals surface area contributed by atoms with Crippen molar-refractivity contribution >= 4 is 27.7 Å². The normalized spacial score (nSPS) is 19.8. The summed E-state index contributed by atoms with van der Waals surface area (Å²) in [5, 5.41) is 3.83.